The zero-order chi connectivity index (χ0) is 39.7. The number of aliphatic carboxylic acids is 1. The number of carbonyl (C=O) groups is 6. The van der Waals surface area contributed by atoms with Crippen molar-refractivity contribution in [2.45, 2.75) is 141 Å². The molecule has 0 aliphatic rings. The van der Waals surface area contributed by atoms with E-state index in [0.717, 1.165) is 19.3 Å². The largest absolute Gasteiger partial charge is 0.475 e. The first-order valence-corrected chi connectivity index (χ1v) is 19.9. The Hall–Kier alpha value is -3.23. The van der Waals surface area contributed by atoms with E-state index in [1.165, 1.54) is 52.9 Å². The third kappa shape index (κ3) is 21.3. The van der Waals surface area contributed by atoms with Gasteiger partial charge in [0.2, 0.25) is 33.7 Å². The molecule has 18 nitrogen and oxygen atoms in total. The normalized spacial score (nSPS) is 15.0. The molecule has 0 saturated carbocycles. The molecule has 4 amide bonds. The van der Waals surface area contributed by atoms with Crippen molar-refractivity contribution < 1.29 is 47.4 Å². The number of ketones is 1. The number of nitrogens with one attached hydrogen (secondary N) is 6. The summed E-state index contributed by atoms with van der Waals surface area (Å²) >= 11 is 0. The summed E-state index contributed by atoms with van der Waals surface area (Å²) in [4.78, 5) is 74.8. The number of carbonyl (C=O) groups excluding carboxylic acids is 5. The molecular weight excluding hydrogens is 700 g/mol. The lowest BCUT2D eigenvalue weighted by molar-refractivity contribution is -0.150. The van der Waals surface area contributed by atoms with Crippen LogP contribution in [0.2, 0.25) is 0 Å². The third-order valence-electron chi connectivity index (χ3n) is 8.21. The van der Waals surface area contributed by atoms with Gasteiger partial charge in [-0.2, -0.15) is 0 Å². The second-order valence-electron chi connectivity index (χ2n) is 13.0. The molecule has 0 aliphatic heterocycles. The van der Waals surface area contributed by atoms with E-state index in [9.17, 15) is 42.3 Å². The minimum Gasteiger partial charge on any atom is -0.475 e. The average Bonchev–Trinajstić information content (AvgIpc) is 3.07. The highest BCUT2D eigenvalue weighted by Gasteiger charge is 2.33. The lowest BCUT2D eigenvalue weighted by Gasteiger charge is -2.26. The lowest BCUT2D eigenvalue weighted by atomic mass is 10.1. The number of hydrogen-bond acceptors (Lipinski definition) is 12. The monoisotopic (exact) mass is 764 g/mol. The van der Waals surface area contributed by atoms with Gasteiger partial charge in [-0.3, -0.25) is 24.0 Å². The number of sulfonamides is 1. The van der Waals surface area contributed by atoms with Crippen molar-refractivity contribution in [2.24, 2.45) is 11.5 Å². The number of aliphatic hydroxyl groups is 1. The Morgan fingerprint density at radius 1 is 0.635 bits per heavy atom. The van der Waals surface area contributed by atoms with Gasteiger partial charge in [0.25, 0.3) is 5.78 Å². The van der Waals surface area contributed by atoms with E-state index in [4.69, 9.17) is 16.6 Å². The fraction of sp³-hybridized carbons (Fsp3) is 0.818. The Morgan fingerprint density at radius 2 is 1.21 bits per heavy atom. The fourth-order valence-corrected chi connectivity index (χ4v) is 6.24. The number of carboxylic acids is 1. The average molecular weight is 765 g/mol. The minimum absolute atomic E-state index is 0.0662. The standard InChI is InChI=1S/C33H64N8O10S/c1-5-6-7-8-9-10-11-14-19-36-20-21-52(50,51)41-26(16-18-35)31(46)40-27(24(4)42)32(47)38-23(3)29(44)39-25(15-12-13-17-34)30(45)37-22(2)28(43)33(48)49/h22-27,36,41-42H,5-21,34-35H2,1-4H3,(H,37,45)(H,38,47)(H,39,44)(H,40,46)(H,48,49)/t22-,23-,24+,25-,26-,27-/m0/s1. The predicted molar refractivity (Wildman–Crippen MR) is 196 cm³/mol. The van der Waals surface area contributed by atoms with E-state index in [1.54, 1.807) is 0 Å². The van der Waals surface area contributed by atoms with Crippen LogP contribution in [0.1, 0.15) is 105 Å². The molecule has 302 valence electrons. The van der Waals surface area contributed by atoms with E-state index in [2.05, 4.69) is 38.2 Å². The molecule has 19 heteroatoms. The Kier molecular flexibility index (Phi) is 25.7. The predicted octanol–water partition coefficient (Wildman–Crippen LogP) is -1.50. The maximum absolute atomic E-state index is 13.1. The van der Waals surface area contributed by atoms with Gasteiger partial charge >= 0.3 is 5.97 Å². The van der Waals surface area contributed by atoms with Crippen LogP contribution in [0.5, 0.6) is 0 Å². The molecular formula is C33H64N8O10S. The van der Waals surface area contributed by atoms with Crippen molar-refractivity contribution in [3.8, 4) is 0 Å². The van der Waals surface area contributed by atoms with Crippen LogP contribution in [0.25, 0.3) is 0 Å². The number of Topliss-reactive ketones (excluding diaryl/α,β-unsaturated/α-hetero) is 1. The van der Waals surface area contributed by atoms with Crippen LogP contribution in [0, 0.1) is 0 Å². The summed E-state index contributed by atoms with van der Waals surface area (Å²) in [7, 11) is -3.94. The summed E-state index contributed by atoms with van der Waals surface area (Å²) in [5.74, 6) is -6.85. The summed E-state index contributed by atoms with van der Waals surface area (Å²) in [6, 6.07) is -6.83. The van der Waals surface area contributed by atoms with Crippen LogP contribution in [0.15, 0.2) is 0 Å². The van der Waals surface area contributed by atoms with Gasteiger partial charge in [0.1, 0.15) is 24.2 Å². The molecule has 0 aromatic rings. The molecule has 0 unspecified atom stereocenters. The third-order valence-corrected chi connectivity index (χ3v) is 9.59. The van der Waals surface area contributed by atoms with Crippen LogP contribution >= 0.6 is 0 Å². The molecule has 0 rings (SSSR count). The van der Waals surface area contributed by atoms with Gasteiger partial charge in [-0.1, -0.05) is 51.9 Å². The second-order valence-corrected chi connectivity index (χ2v) is 14.9. The molecule has 0 radical (unpaired) electrons. The maximum atomic E-state index is 13.1. The van der Waals surface area contributed by atoms with E-state index < -0.39 is 81.7 Å². The van der Waals surface area contributed by atoms with Gasteiger partial charge in [-0.25, -0.2) is 17.9 Å². The van der Waals surface area contributed by atoms with Crippen LogP contribution in [0.3, 0.4) is 0 Å². The highest BCUT2D eigenvalue weighted by Crippen LogP contribution is 2.08. The smallest absolute Gasteiger partial charge is 0.374 e. The maximum Gasteiger partial charge on any atom is 0.374 e. The van der Waals surface area contributed by atoms with Crippen molar-refractivity contribution >= 4 is 45.4 Å². The summed E-state index contributed by atoms with van der Waals surface area (Å²) in [5, 5.41) is 31.7. The van der Waals surface area contributed by atoms with Gasteiger partial charge in [0, 0.05) is 6.54 Å². The summed E-state index contributed by atoms with van der Waals surface area (Å²) < 4.78 is 27.9. The first-order chi connectivity index (χ1) is 24.5. The molecule has 6 atom stereocenters. The van der Waals surface area contributed by atoms with Crippen molar-refractivity contribution in [1.82, 2.24) is 31.3 Å². The molecule has 0 heterocycles. The lowest BCUT2D eigenvalue weighted by Crippen LogP contribution is -2.60. The van der Waals surface area contributed by atoms with Crippen LogP contribution in [-0.4, -0.2) is 122 Å². The summed E-state index contributed by atoms with van der Waals surface area (Å²) in [6.45, 7) is 6.92. The molecule has 12 N–H and O–H groups in total. The van der Waals surface area contributed by atoms with Crippen molar-refractivity contribution in [2.75, 3.05) is 31.9 Å². The highest BCUT2D eigenvalue weighted by atomic mass is 32.2. The Morgan fingerprint density at radius 3 is 1.77 bits per heavy atom. The van der Waals surface area contributed by atoms with Crippen molar-refractivity contribution in [3.05, 3.63) is 0 Å². The molecule has 0 aromatic heterocycles. The topological polar surface area (TPSA) is 301 Å². The number of amides is 4. The number of rotatable bonds is 31. The van der Waals surface area contributed by atoms with Gasteiger partial charge in [0.05, 0.1) is 17.9 Å². The zero-order valence-corrected chi connectivity index (χ0v) is 32.0. The first-order valence-electron chi connectivity index (χ1n) is 18.3. The van der Waals surface area contributed by atoms with Crippen LogP contribution in [0.4, 0.5) is 0 Å². The quantitative estimate of drug-likeness (QED) is 0.0284. The van der Waals surface area contributed by atoms with Gasteiger partial charge in [0.15, 0.2) is 0 Å². The minimum atomic E-state index is -3.94. The summed E-state index contributed by atoms with van der Waals surface area (Å²) in [5.41, 5.74) is 11.1. The van der Waals surface area contributed by atoms with Gasteiger partial charge in [-0.15, -0.1) is 0 Å². The number of aliphatic hydroxyl groups excluding tert-OH is 1. The Labute approximate surface area is 308 Å². The molecule has 0 bridgehead atoms. The molecule has 52 heavy (non-hydrogen) atoms. The fourth-order valence-electron chi connectivity index (χ4n) is 5.05. The molecule has 0 saturated heterocycles. The van der Waals surface area contributed by atoms with Gasteiger partial charge < -0.3 is 48.3 Å². The Balaban J connectivity index is 5.24. The van der Waals surface area contributed by atoms with Crippen LogP contribution in [-0.2, 0) is 38.8 Å². The number of hydrogen-bond donors (Lipinski definition) is 10. The number of nitrogens with two attached hydrogens (primary N) is 2. The second kappa shape index (κ2) is 27.4. The van der Waals surface area contributed by atoms with E-state index in [-0.39, 0.29) is 31.7 Å². The zero-order valence-electron chi connectivity index (χ0n) is 31.2. The number of unbranched alkanes of at least 4 members (excludes halogenated alkanes) is 8. The van der Waals surface area contributed by atoms with E-state index >= 15 is 0 Å². The highest BCUT2D eigenvalue weighted by molar-refractivity contribution is 7.89. The number of carboxylic acid groups (broad SMARTS) is 1. The summed E-state index contributed by atoms with van der Waals surface area (Å²) in [6.07, 6.45) is 8.64. The molecule has 0 fully saturated rings. The van der Waals surface area contributed by atoms with Crippen molar-refractivity contribution in [3.63, 3.8) is 0 Å². The Bertz CT molecular complexity index is 1220. The molecule has 0 spiro atoms. The van der Waals surface area contributed by atoms with E-state index in [1.807, 2.05) is 0 Å². The molecule has 0 aliphatic carbocycles. The van der Waals surface area contributed by atoms with Crippen LogP contribution < -0.4 is 42.8 Å². The SMILES string of the molecule is CCCCCCCCCCNCCS(=O)(=O)N[C@@H](CCN)C(=O)N[C@H](C(=O)N[C@@H](C)C(=O)N[C@@H](CCCCN)C(=O)N[C@@H](C)C(=O)C(=O)O)[C@@H](C)O. The van der Waals surface area contributed by atoms with Crippen molar-refractivity contribution in [1.29, 1.82) is 0 Å². The van der Waals surface area contributed by atoms with Gasteiger partial charge in [-0.05, 0) is 72.5 Å². The first kappa shape index (κ1) is 48.8. The molecule has 0 aromatic carbocycles. The van der Waals surface area contributed by atoms with E-state index in [0.29, 0.717) is 25.9 Å².